The number of allylic oxidation sites excluding steroid dienone is 1. The minimum Gasteiger partial charge on any atom is -0.393 e. The molecule has 0 aliphatic heterocycles. The Kier molecular flexibility index (Phi) is 26.5. The summed E-state index contributed by atoms with van der Waals surface area (Å²) in [5.41, 5.74) is 5.31. The quantitative estimate of drug-likeness (QED) is 0.0386. The monoisotopic (exact) mass is 592 g/mol. The smallest absolute Gasteiger partial charge is 0.393 e. The fourth-order valence-corrected chi connectivity index (χ4v) is 5.23. The van der Waals surface area contributed by atoms with E-state index in [9.17, 15) is 24.5 Å². The van der Waals surface area contributed by atoms with Gasteiger partial charge in [0.2, 0.25) is 5.91 Å². The van der Waals surface area contributed by atoms with E-state index in [4.69, 9.17) is 14.8 Å². The molecule has 0 aromatic heterocycles. The van der Waals surface area contributed by atoms with Gasteiger partial charge in [-0.3, -0.25) is 13.8 Å². The van der Waals surface area contributed by atoms with Crippen LogP contribution in [0.5, 0.6) is 0 Å². The van der Waals surface area contributed by atoms with Gasteiger partial charge in [0.15, 0.2) is 0 Å². The van der Waals surface area contributed by atoms with Crippen LogP contribution < -0.4 is 11.1 Å². The number of carbonyl (C=O) groups is 1. The fourth-order valence-electron chi connectivity index (χ4n) is 4.47. The van der Waals surface area contributed by atoms with Gasteiger partial charge in [0, 0.05) is 6.54 Å². The maximum atomic E-state index is 12.6. The van der Waals surface area contributed by atoms with Crippen LogP contribution >= 0.6 is 7.82 Å². The molecule has 4 atom stereocenters. The van der Waals surface area contributed by atoms with E-state index in [0.717, 1.165) is 38.5 Å². The summed E-state index contributed by atoms with van der Waals surface area (Å²) >= 11 is 0. The lowest BCUT2D eigenvalue weighted by atomic mass is 10.0. The zero-order valence-corrected chi connectivity index (χ0v) is 26.3. The molecule has 0 aromatic carbocycles. The first-order valence-corrected chi connectivity index (χ1v) is 17.4. The van der Waals surface area contributed by atoms with Gasteiger partial charge < -0.3 is 26.2 Å². The zero-order chi connectivity index (χ0) is 29.9. The molecule has 6 N–H and O–H groups in total. The molecule has 9 nitrogen and oxygen atoms in total. The number of hydrogen-bond donors (Lipinski definition) is 5. The van der Waals surface area contributed by atoms with Gasteiger partial charge in [-0.2, -0.15) is 0 Å². The highest BCUT2D eigenvalue weighted by atomic mass is 31.2. The molecule has 10 heteroatoms. The minimum absolute atomic E-state index is 0.0504. The second-order valence-corrected chi connectivity index (χ2v) is 12.3. The van der Waals surface area contributed by atoms with Crippen molar-refractivity contribution in [1.29, 1.82) is 0 Å². The van der Waals surface area contributed by atoms with Crippen molar-refractivity contribution in [1.82, 2.24) is 5.32 Å². The Labute approximate surface area is 244 Å². The van der Waals surface area contributed by atoms with E-state index in [1.807, 2.05) is 6.08 Å². The van der Waals surface area contributed by atoms with Crippen molar-refractivity contribution in [2.24, 2.45) is 5.73 Å². The Morgan fingerprint density at radius 3 is 1.93 bits per heavy atom. The summed E-state index contributed by atoms with van der Waals surface area (Å²) in [6, 6.07) is -0.972. The summed E-state index contributed by atoms with van der Waals surface area (Å²) in [6.07, 6.45) is 21.7. The van der Waals surface area contributed by atoms with E-state index in [1.54, 1.807) is 6.08 Å². The molecule has 40 heavy (non-hydrogen) atoms. The highest BCUT2D eigenvalue weighted by molar-refractivity contribution is 7.47. The zero-order valence-electron chi connectivity index (χ0n) is 25.4. The lowest BCUT2D eigenvalue weighted by molar-refractivity contribution is -0.124. The number of hydrogen-bond acceptors (Lipinski definition) is 7. The Morgan fingerprint density at radius 2 is 1.38 bits per heavy atom. The van der Waals surface area contributed by atoms with E-state index < -0.39 is 38.6 Å². The highest BCUT2D eigenvalue weighted by Gasteiger charge is 2.27. The molecule has 0 saturated carbocycles. The van der Waals surface area contributed by atoms with Crippen molar-refractivity contribution < 1.29 is 33.5 Å². The predicted octanol–water partition coefficient (Wildman–Crippen LogP) is 6.29. The van der Waals surface area contributed by atoms with Crippen molar-refractivity contribution in [3.05, 3.63) is 12.2 Å². The molecular formula is C30H61N2O7P. The van der Waals surface area contributed by atoms with Gasteiger partial charge in [0.25, 0.3) is 0 Å². The molecule has 0 spiro atoms. The number of amides is 1. The third-order valence-corrected chi connectivity index (χ3v) is 7.90. The van der Waals surface area contributed by atoms with E-state index in [1.165, 1.54) is 70.6 Å². The summed E-state index contributed by atoms with van der Waals surface area (Å²) in [5.74, 6) is -0.452. The number of nitrogens with two attached hydrogens (primary N) is 1. The lowest BCUT2D eigenvalue weighted by Gasteiger charge is -2.24. The van der Waals surface area contributed by atoms with E-state index in [2.05, 4.69) is 19.2 Å². The van der Waals surface area contributed by atoms with Crippen LogP contribution in [0.1, 0.15) is 136 Å². The maximum absolute atomic E-state index is 12.6. The summed E-state index contributed by atoms with van der Waals surface area (Å²) < 4.78 is 21.8. The third-order valence-electron chi connectivity index (χ3n) is 6.92. The molecule has 0 saturated heterocycles. The van der Waals surface area contributed by atoms with Gasteiger partial charge in [0.1, 0.15) is 0 Å². The van der Waals surface area contributed by atoms with Crippen LogP contribution in [-0.2, 0) is 18.4 Å². The van der Waals surface area contributed by atoms with E-state index in [-0.39, 0.29) is 19.6 Å². The van der Waals surface area contributed by atoms with Crippen LogP contribution in [0.4, 0.5) is 0 Å². The van der Waals surface area contributed by atoms with E-state index >= 15 is 0 Å². The highest BCUT2D eigenvalue weighted by Crippen LogP contribution is 2.43. The SMILES string of the molecule is CCCCCCCC/C=C/C(O)C(COP(=O)(O)OCCN)NC(=O)CC(O)CCCCCCCCCCCC. The van der Waals surface area contributed by atoms with Crippen LogP contribution in [0.3, 0.4) is 0 Å². The van der Waals surface area contributed by atoms with Crippen LogP contribution in [0.15, 0.2) is 12.2 Å². The topological polar surface area (TPSA) is 151 Å². The van der Waals surface area contributed by atoms with Gasteiger partial charge in [0.05, 0.1) is 37.9 Å². The number of phosphoric ester groups is 1. The number of phosphoric acid groups is 1. The number of unbranched alkanes of at least 4 members (excludes halogenated alkanes) is 15. The minimum atomic E-state index is -4.37. The van der Waals surface area contributed by atoms with Crippen molar-refractivity contribution >= 4 is 13.7 Å². The predicted molar refractivity (Wildman–Crippen MR) is 163 cm³/mol. The molecule has 1 amide bonds. The number of rotatable bonds is 29. The maximum Gasteiger partial charge on any atom is 0.472 e. The van der Waals surface area contributed by atoms with Crippen molar-refractivity contribution in [3.8, 4) is 0 Å². The average Bonchev–Trinajstić information content (AvgIpc) is 2.92. The largest absolute Gasteiger partial charge is 0.472 e. The summed E-state index contributed by atoms with van der Waals surface area (Å²) in [7, 11) is -4.37. The van der Waals surface area contributed by atoms with Gasteiger partial charge in [-0.1, -0.05) is 122 Å². The molecule has 0 rings (SSSR count). The number of aliphatic hydroxyl groups excluding tert-OH is 2. The molecule has 0 aromatic rings. The molecule has 4 unspecified atom stereocenters. The van der Waals surface area contributed by atoms with Crippen molar-refractivity contribution in [3.63, 3.8) is 0 Å². The summed E-state index contributed by atoms with van der Waals surface area (Å²) in [4.78, 5) is 22.4. The van der Waals surface area contributed by atoms with Crippen LogP contribution in [-0.4, -0.2) is 59.0 Å². The Hall–Kier alpha value is -0.800. The molecule has 0 fully saturated rings. The molecule has 0 radical (unpaired) electrons. The number of nitrogens with one attached hydrogen (secondary N) is 1. The molecule has 0 bridgehead atoms. The van der Waals surface area contributed by atoms with Crippen LogP contribution in [0.25, 0.3) is 0 Å². The van der Waals surface area contributed by atoms with Gasteiger partial charge in [-0.15, -0.1) is 0 Å². The first-order valence-electron chi connectivity index (χ1n) is 15.9. The molecule has 238 valence electrons. The molecule has 0 aliphatic carbocycles. The summed E-state index contributed by atoms with van der Waals surface area (Å²) in [5, 5.41) is 23.7. The Morgan fingerprint density at radius 1 is 0.850 bits per heavy atom. The number of carbonyl (C=O) groups excluding carboxylic acids is 1. The first-order chi connectivity index (χ1) is 19.3. The van der Waals surface area contributed by atoms with Gasteiger partial charge in [-0.25, -0.2) is 4.57 Å². The van der Waals surface area contributed by atoms with Gasteiger partial charge in [-0.05, 0) is 19.3 Å². The summed E-state index contributed by atoms with van der Waals surface area (Å²) in [6.45, 7) is 3.87. The van der Waals surface area contributed by atoms with E-state index in [0.29, 0.717) is 6.42 Å². The molecule has 0 aliphatic rings. The van der Waals surface area contributed by atoms with Crippen LogP contribution in [0.2, 0.25) is 0 Å². The van der Waals surface area contributed by atoms with Crippen molar-refractivity contribution in [2.75, 3.05) is 19.8 Å². The van der Waals surface area contributed by atoms with Crippen LogP contribution in [0, 0.1) is 0 Å². The van der Waals surface area contributed by atoms with Gasteiger partial charge >= 0.3 is 7.82 Å². The first kappa shape index (κ1) is 39.2. The average molecular weight is 593 g/mol. The third kappa shape index (κ3) is 25.0. The Bertz CT molecular complexity index is 666. The van der Waals surface area contributed by atoms with Crippen molar-refractivity contribution in [2.45, 2.75) is 154 Å². The second kappa shape index (κ2) is 27.1. The standard InChI is InChI=1S/C30H61N2O7P/c1-3-5-7-9-11-13-14-15-17-19-21-27(33)25-30(35)32-28(26-39-40(36,37)38-24-23-31)29(34)22-20-18-16-12-10-8-6-4-2/h20,22,27-29,33-34H,3-19,21,23-26,31H2,1-2H3,(H,32,35)(H,36,37)/b22-20+. The fraction of sp³-hybridized carbons (Fsp3) is 0.900. The normalized spacial score (nSPS) is 15.7. The molecular weight excluding hydrogens is 531 g/mol. The molecule has 0 heterocycles. The number of aliphatic hydroxyl groups is 2. The second-order valence-electron chi connectivity index (χ2n) is 10.9. The lowest BCUT2D eigenvalue weighted by Crippen LogP contribution is -2.46. The Balaban J connectivity index is 4.54.